The van der Waals surface area contributed by atoms with E-state index in [1.807, 2.05) is 0 Å². The smallest absolute Gasteiger partial charge is 0.306 e. The number of hydrogen-bond donors (Lipinski definition) is 0. The highest BCUT2D eigenvalue weighted by Crippen LogP contribution is 2.15. The largest absolute Gasteiger partial charge is 0.462 e. The average molecular weight is 879 g/mol. The number of carbonyl (C=O) groups is 3. The molecular formula is C57H98O6. The van der Waals surface area contributed by atoms with Crippen LogP contribution in [0.3, 0.4) is 0 Å². The lowest BCUT2D eigenvalue weighted by Crippen LogP contribution is -2.30. The predicted molar refractivity (Wildman–Crippen MR) is 270 cm³/mol. The Kier molecular flexibility index (Phi) is 48.9. The summed E-state index contributed by atoms with van der Waals surface area (Å²) in [5, 5.41) is 0. The van der Waals surface area contributed by atoms with Crippen LogP contribution in [-0.2, 0) is 28.6 Å². The topological polar surface area (TPSA) is 78.9 Å². The van der Waals surface area contributed by atoms with Gasteiger partial charge < -0.3 is 14.2 Å². The van der Waals surface area contributed by atoms with Crippen molar-refractivity contribution in [1.29, 1.82) is 0 Å². The standard InChI is InChI=1S/C57H98O6/c1-4-7-10-13-16-19-22-25-27-29-32-35-38-41-44-47-50-56(59)62-53-54(52-61-55(58)49-46-43-40-37-34-31-24-21-18-15-12-9-6-3)63-57(60)51-48-45-42-39-36-33-30-28-26-23-20-17-14-11-8-5-2/h7-8,10-11,16-17,19-20,25-28,54H,4-6,9,12-15,18,21-24,29-53H2,1-3H3/b10-7-,11-8-,19-16-,20-17-,27-25-,28-26-. The van der Waals surface area contributed by atoms with Crippen molar-refractivity contribution < 1.29 is 28.6 Å². The van der Waals surface area contributed by atoms with Gasteiger partial charge in [0.2, 0.25) is 0 Å². The number of allylic oxidation sites excluding steroid dienone is 12. The molecule has 6 nitrogen and oxygen atoms in total. The maximum Gasteiger partial charge on any atom is 0.306 e. The molecule has 0 fully saturated rings. The van der Waals surface area contributed by atoms with Crippen LogP contribution in [0.5, 0.6) is 0 Å². The Labute approximate surface area is 389 Å². The van der Waals surface area contributed by atoms with Gasteiger partial charge in [0.1, 0.15) is 13.2 Å². The molecule has 0 aliphatic rings. The molecule has 63 heavy (non-hydrogen) atoms. The van der Waals surface area contributed by atoms with E-state index in [1.165, 1.54) is 96.3 Å². The summed E-state index contributed by atoms with van der Waals surface area (Å²) in [6.07, 6.45) is 64.5. The maximum atomic E-state index is 12.8. The van der Waals surface area contributed by atoms with Crippen molar-refractivity contribution in [2.45, 2.75) is 258 Å². The van der Waals surface area contributed by atoms with Gasteiger partial charge in [-0.1, -0.05) is 222 Å². The van der Waals surface area contributed by atoms with Gasteiger partial charge >= 0.3 is 17.9 Å². The van der Waals surface area contributed by atoms with E-state index in [1.54, 1.807) is 0 Å². The van der Waals surface area contributed by atoms with Gasteiger partial charge in [-0.15, -0.1) is 0 Å². The van der Waals surface area contributed by atoms with Crippen molar-refractivity contribution in [3.8, 4) is 0 Å². The first-order chi connectivity index (χ1) is 31.0. The summed E-state index contributed by atoms with van der Waals surface area (Å²) in [7, 11) is 0. The molecule has 6 heteroatoms. The Balaban J connectivity index is 4.42. The molecule has 0 heterocycles. The lowest BCUT2D eigenvalue weighted by Gasteiger charge is -2.18. The first-order valence-electron chi connectivity index (χ1n) is 26.4. The summed E-state index contributed by atoms with van der Waals surface area (Å²) in [4.78, 5) is 38.0. The second-order valence-electron chi connectivity index (χ2n) is 17.4. The van der Waals surface area contributed by atoms with E-state index in [2.05, 4.69) is 93.7 Å². The Hall–Kier alpha value is -3.15. The number of esters is 3. The fourth-order valence-electron chi connectivity index (χ4n) is 7.29. The summed E-state index contributed by atoms with van der Waals surface area (Å²) in [5.41, 5.74) is 0. The van der Waals surface area contributed by atoms with E-state index >= 15 is 0 Å². The fraction of sp³-hybridized carbons (Fsp3) is 0.737. The number of rotatable bonds is 47. The van der Waals surface area contributed by atoms with Crippen LogP contribution in [0.1, 0.15) is 252 Å². The molecule has 0 radical (unpaired) electrons. The molecule has 0 amide bonds. The molecule has 0 aromatic carbocycles. The number of hydrogen-bond acceptors (Lipinski definition) is 6. The molecule has 1 atom stereocenters. The highest BCUT2D eigenvalue weighted by atomic mass is 16.6. The zero-order chi connectivity index (χ0) is 45.8. The highest BCUT2D eigenvalue weighted by Gasteiger charge is 2.19. The Morgan fingerprint density at radius 2 is 0.619 bits per heavy atom. The summed E-state index contributed by atoms with van der Waals surface area (Å²) >= 11 is 0. The van der Waals surface area contributed by atoms with Gasteiger partial charge in [-0.3, -0.25) is 14.4 Å². The molecule has 362 valence electrons. The molecule has 0 spiro atoms. The van der Waals surface area contributed by atoms with Crippen LogP contribution in [0.15, 0.2) is 72.9 Å². The first-order valence-corrected chi connectivity index (χ1v) is 26.4. The van der Waals surface area contributed by atoms with Crippen molar-refractivity contribution in [1.82, 2.24) is 0 Å². The molecule has 0 aromatic heterocycles. The number of ether oxygens (including phenoxy) is 3. The van der Waals surface area contributed by atoms with Crippen molar-refractivity contribution in [2.24, 2.45) is 0 Å². The molecule has 0 saturated heterocycles. The van der Waals surface area contributed by atoms with Crippen LogP contribution < -0.4 is 0 Å². The van der Waals surface area contributed by atoms with Gasteiger partial charge in [0.25, 0.3) is 0 Å². The quantitative estimate of drug-likeness (QED) is 0.0262. The molecule has 0 aliphatic carbocycles. The summed E-state index contributed by atoms with van der Waals surface area (Å²) in [6, 6.07) is 0. The molecular weight excluding hydrogens is 781 g/mol. The first kappa shape index (κ1) is 59.9. The van der Waals surface area contributed by atoms with Crippen molar-refractivity contribution in [3.63, 3.8) is 0 Å². The molecule has 0 N–H and O–H groups in total. The van der Waals surface area contributed by atoms with Gasteiger partial charge in [0.05, 0.1) is 0 Å². The van der Waals surface area contributed by atoms with Crippen molar-refractivity contribution in [2.75, 3.05) is 13.2 Å². The van der Waals surface area contributed by atoms with E-state index in [-0.39, 0.29) is 31.1 Å². The van der Waals surface area contributed by atoms with E-state index in [9.17, 15) is 14.4 Å². The van der Waals surface area contributed by atoms with Crippen LogP contribution in [0.4, 0.5) is 0 Å². The minimum Gasteiger partial charge on any atom is -0.462 e. The SMILES string of the molecule is CC/C=C\C/C=C\C/C=C\CCCCCCCCC(=O)OCC(COC(=O)CCCCCCCCCCCCCCC)OC(=O)CCCCCCCC/C=C\C/C=C\C/C=C\CC. The second kappa shape index (κ2) is 51.5. The zero-order valence-corrected chi connectivity index (χ0v) is 41.3. The van der Waals surface area contributed by atoms with E-state index in [0.29, 0.717) is 19.3 Å². The molecule has 1 unspecified atom stereocenters. The van der Waals surface area contributed by atoms with Crippen LogP contribution in [0.25, 0.3) is 0 Å². The van der Waals surface area contributed by atoms with Gasteiger partial charge in [-0.2, -0.15) is 0 Å². The lowest BCUT2D eigenvalue weighted by molar-refractivity contribution is -0.167. The Morgan fingerprint density at radius 1 is 0.333 bits per heavy atom. The van der Waals surface area contributed by atoms with Gasteiger partial charge in [0.15, 0.2) is 6.10 Å². The number of carbonyl (C=O) groups excluding carboxylic acids is 3. The fourth-order valence-corrected chi connectivity index (χ4v) is 7.29. The molecule has 0 aromatic rings. The van der Waals surface area contributed by atoms with Crippen molar-refractivity contribution >= 4 is 17.9 Å². The maximum absolute atomic E-state index is 12.8. The van der Waals surface area contributed by atoms with Gasteiger partial charge in [-0.05, 0) is 83.5 Å². The average Bonchev–Trinajstić information content (AvgIpc) is 3.28. The van der Waals surface area contributed by atoms with Crippen LogP contribution in [0, 0.1) is 0 Å². The van der Waals surface area contributed by atoms with Gasteiger partial charge in [-0.25, -0.2) is 0 Å². The van der Waals surface area contributed by atoms with Gasteiger partial charge in [0, 0.05) is 19.3 Å². The third kappa shape index (κ3) is 49.7. The molecule has 0 bridgehead atoms. The zero-order valence-electron chi connectivity index (χ0n) is 41.3. The highest BCUT2D eigenvalue weighted by molar-refractivity contribution is 5.71. The third-order valence-corrected chi connectivity index (χ3v) is 11.2. The summed E-state index contributed by atoms with van der Waals surface area (Å²) in [6.45, 7) is 6.40. The van der Waals surface area contributed by atoms with Crippen LogP contribution in [-0.4, -0.2) is 37.2 Å². The van der Waals surface area contributed by atoms with Crippen LogP contribution >= 0.6 is 0 Å². The minimum absolute atomic E-state index is 0.0835. The molecule has 0 aliphatic heterocycles. The van der Waals surface area contributed by atoms with Crippen molar-refractivity contribution in [3.05, 3.63) is 72.9 Å². The Morgan fingerprint density at radius 3 is 0.968 bits per heavy atom. The predicted octanol–water partition coefficient (Wildman–Crippen LogP) is 17.4. The Bertz CT molecular complexity index is 1190. The van der Waals surface area contributed by atoms with Crippen LogP contribution in [0.2, 0.25) is 0 Å². The van der Waals surface area contributed by atoms with E-state index in [0.717, 1.165) is 116 Å². The minimum atomic E-state index is -0.786. The monoisotopic (exact) mass is 879 g/mol. The normalized spacial score (nSPS) is 12.6. The molecule has 0 rings (SSSR count). The molecule has 0 saturated carbocycles. The van der Waals surface area contributed by atoms with E-state index < -0.39 is 6.10 Å². The lowest BCUT2D eigenvalue weighted by atomic mass is 10.0. The second-order valence-corrected chi connectivity index (χ2v) is 17.4. The summed E-state index contributed by atoms with van der Waals surface area (Å²) in [5.74, 6) is -0.905. The number of unbranched alkanes of at least 4 members (excludes halogenated alkanes) is 24. The summed E-state index contributed by atoms with van der Waals surface area (Å²) < 4.78 is 16.8. The van der Waals surface area contributed by atoms with E-state index in [4.69, 9.17) is 14.2 Å². The third-order valence-electron chi connectivity index (χ3n) is 11.2.